The summed E-state index contributed by atoms with van der Waals surface area (Å²) in [6.45, 7) is 0. The lowest BCUT2D eigenvalue weighted by Crippen LogP contribution is -2.21. The Balaban J connectivity index is 1.00. The van der Waals surface area contributed by atoms with Crippen molar-refractivity contribution in [1.82, 2.24) is 4.57 Å². The smallest absolute Gasteiger partial charge is 0.0616 e. The van der Waals surface area contributed by atoms with Gasteiger partial charge < -0.3 is 9.47 Å². The lowest BCUT2D eigenvalue weighted by molar-refractivity contribution is 0.550. The van der Waals surface area contributed by atoms with Crippen molar-refractivity contribution in [3.63, 3.8) is 0 Å². The van der Waals surface area contributed by atoms with E-state index in [9.17, 15) is 0 Å². The topological polar surface area (TPSA) is 8.17 Å². The fourth-order valence-electron chi connectivity index (χ4n) is 12.1. The Bertz CT molecular complexity index is 3510. The first-order chi connectivity index (χ1) is 33.2. The summed E-state index contributed by atoms with van der Waals surface area (Å²) >= 11 is 0. The van der Waals surface area contributed by atoms with Crippen LogP contribution < -0.4 is 4.90 Å². The molecule has 0 aliphatic heterocycles. The van der Waals surface area contributed by atoms with Crippen LogP contribution in [0.5, 0.6) is 0 Å². The number of aryl methyl sites for hydroxylation is 1. The summed E-state index contributed by atoms with van der Waals surface area (Å²) in [5, 5.41) is 1.34. The van der Waals surface area contributed by atoms with Crippen LogP contribution in [0.2, 0.25) is 0 Å². The minimum atomic E-state index is 0.0471. The minimum Gasteiger partial charge on any atom is -0.310 e. The molecule has 0 atom stereocenters. The monoisotopic (exact) mass is 858 g/mol. The van der Waals surface area contributed by atoms with Crippen molar-refractivity contribution in [3.8, 4) is 61.3 Å². The SMILES string of the molecule is C1=Cc2c(c3cccc(-c4ccc(N(c5ccc6c(c5)C5(CCCC5)c5ccccc5-6)c5ccccc5-c5ccccc5-c5ccccc5-c5ccccc5)cc4)c3n2-c2ccccc2)CC1. The number of anilines is 3. The van der Waals surface area contributed by atoms with E-state index in [-0.39, 0.29) is 5.41 Å². The molecule has 1 spiro atoms. The summed E-state index contributed by atoms with van der Waals surface area (Å²) in [6.07, 6.45) is 11.7. The van der Waals surface area contributed by atoms with E-state index in [1.807, 2.05) is 0 Å². The molecule has 0 unspecified atom stereocenters. The molecule has 0 saturated heterocycles. The van der Waals surface area contributed by atoms with E-state index in [0.717, 1.165) is 24.2 Å². The van der Waals surface area contributed by atoms with E-state index in [2.05, 4.69) is 240 Å². The Kier molecular flexibility index (Phi) is 9.53. The quantitative estimate of drug-likeness (QED) is 0.148. The van der Waals surface area contributed by atoms with Gasteiger partial charge in [0.25, 0.3) is 0 Å². The number of nitrogens with zero attached hydrogens (tertiary/aromatic N) is 2. The summed E-state index contributed by atoms with van der Waals surface area (Å²) in [5.74, 6) is 0. The van der Waals surface area contributed by atoms with Crippen molar-refractivity contribution >= 4 is 34.0 Å². The second-order valence-electron chi connectivity index (χ2n) is 18.6. The fourth-order valence-corrected chi connectivity index (χ4v) is 12.1. The molecule has 1 saturated carbocycles. The molecule has 3 aliphatic carbocycles. The number of allylic oxidation sites excluding steroid dienone is 1. The van der Waals surface area contributed by atoms with E-state index in [1.54, 1.807) is 0 Å². The summed E-state index contributed by atoms with van der Waals surface area (Å²) in [6, 6.07) is 81.4. The normalized spacial score (nSPS) is 14.3. The highest BCUT2D eigenvalue weighted by atomic mass is 15.1. The number of hydrogen-bond acceptors (Lipinski definition) is 1. The summed E-state index contributed by atoms with van der Waals surface area (Å²) in [7, 11) is 0. The van der Waals surface area contributed by atoms with Crippen molar-refractivity contribution in [2.45, 2.75) is 43.9 Å². The number of rotatable bonds is 8. The van der Waals surface area contributed by atoms with Gasteiger partial charge in [-0.15, -0.1) is 0 Å². The molecule has 1 fully saturated rings. The van der Waals surface area contributed by atoms with Gasteiger partial charge in [0.1, 0.15) is 0 Å². The first-order valence-electron chi connectivity index (χ1n) is 24.1. The van der Waals surface area contributed by atoms with E-state index in [0.29, 0.717) is 0 Å². The van der Waals surface area contributed by atoms with Crippen molar-refractivity contribution in [2.24, 2.45) is 0 Å². The summed E-state index contributed by atoms with van der Waals surface area (Å²) in [4.78, 5) is 2.53. The first kappa shape index (κ1) is 39.4. The van der Waals surface area contributed by atoms with E-state index < -0.39 is 0 Å². The van der Waals surface area contributed by atoms with E-state index in [1.165, 1.54) is 126 Å². The van der Waals surface area contributed by atoms with Crippen LogP contribution in [-0.4, -0.2) is 4.57 Å². The molecule has 2 nitrogen and oxygen atoms in total. The highest BCUT2D eigenvalue weighted by molar-refractivity contribution is 6.02. The van der Waals surface area contributed by atoms with Crippen molar-refractivity contribution in [1.29, 1.82) is 0 Å². The van der Waals surface area contributed by atoms with Gasteiger partial charge in [0.15, 0.2) is 0 Å². The van der Waals surface area contributed by atoms with Gasteiger partial charge >= 0.3 is 0 Å². The van der Waals surface area contributed by atoms with Gasteiger partial charge in [0.05, 0.1) is 11.2 Å². The van der Waals surface area contributed by atoms with Gasteiger partial charge in [0.2, 0.25) is 0 Å². The Morgan fingerprint density at radius 2 is 0.985 bits per heavy atom. The molecular weight excluding hydrogens is 809 g/mol. The maximum Gasteiger partial charge on any atom is 0.0616 e. The number of aromatic nitrogens is 1. The highest BCUT2D eigenvalue weighted by Crippen LogP contribution is 2.58. The predicted molar refractivity (Wildman–Crippen MR) is 282 cm³/mol. The maximum atomic E-state index is 2.55. The zero-order valence-corrected chi connectivity index (χ0v) is 37.6. The third-order valence-electron chi connectivity index (χ3n) is 15.1. The zero-order chi connectivity index (χ0) is 44.3. The number of fused-ring (bicyclic) bond motifs is 8. The Labute approximate surface area is 393 Å². The molecule has 10 aromatic rings. The Morgan fingerprint density at radius 1 is 0.418 bits per heavy atom. The van der Waals surface area contributed by atoms with Gasteiger partial charge in [-0.2, -0.15) is 0 Å². The zero-order valence-electron chi connectivity index (χ0n) is 37.6. The van der Waals surface area contributed by atoms with Gasteiger partial charge in [0, 0.05) is 44.7 Å². The lowest BCUT2D eigenvalue weighted by Gasteiger charge is -2.31. The van der Waals surface area contributed by atoms with Crippen LogP contribution in [0.1, 0.15) is 54.5 Å². The molecule has 2 heteroatoms. The average molecular weight is 859 g/mol. The summed E-state index contributed by atoms with van der Waals surface area (Å²) < 4.78 is 2.49. The number of hydrogen-bond donors (Lipinski definition) is 0. The largest absolute Gasteiger partial charge is 0.310 e. The van der Waals surface area contributed by atoms with Gasteiger partial charge in [-0.25, -0.2) is 0 Å². The molecule has 320 valence electrons. The van der Waals surface area contributed by atoms with Gasteiger partial charge in [-0.1, -0.05) is 195 Å². The van der Waals surface area contributed by atoms with Crippen molar-refractivity contribution < 1.29 is 0 Å². The van der Waals surface area contributed by atoms with Crippen LogP contribution in [0.25, 0.3) is 78.3 Å². The second-order valence-corrected chi connectivity index (χ2v) is 18.6. The molecule has 13 rings (SSSR count). The molecule has 0 amide bonds. The van der Waals surface area contributed by atoms with Crippen LogP contribution in [0, 0.1) is 0 Å². The Hall–Kier alpha value is -7.94. The molecule has 0 N–H and O–H groups in total. The van der Waals surface area contributed by atoms with E-state index >= 15 is 0 Å². The molecule has 67 heavy (non-hydrogen) atoms. The molecular formula is C65H50N2. The molecule has 9 aromatic carbocycles. The van der Waals surface area contributed by atoms with Crippen LogP contribution in [0.3, 0.4) is 0 Å². The molecule has 0 bridgehead atoms. The number of benzene rings is 9. The maximum absolute atomic E-state index is 2.55. The van der Waals surface area contributed by atoms with Gasteiger partial charge in [-0.3, -0.25) is 0 Å². The van der Waals surface area contributed by atoms with E-state index in [4.69, 9.17) is 0 Å². The average Bonchev–Trinajstić information content (AvgIpc) is 4.11. The standard InChI is InChI=1S/C65H50N2/c1-3-20-45(21-4-1)50-24-7-8-25-52(50)53-26-9-10-27-54(53)57-29-12-15-34-62(57)66(49-40-41-56-55-28-11-14-33-60(55)65(61(56)44-49)42-17-18-43-65)48-38-36-46(37-39-48)51-31-19-32-59-58-30-13-16-35-63(58)67(64(51)59)47-22-5-2-6-23-47/h1-12,14-16,19-29,31-41,44H,13,17-18,30,42-43H2. The van der Waals surface area contributed by atoms with Crippen LogP contribution in [0.4, 0.5) is 17.1 Å². The summed E-state index contributed by atoms with van der Waals surface area (Å²) in [5.41, 5.74) is 24.2. The molecule has 1 aromatic heterocycles. The molecule has 1 heterocycles. The molecule has 3 aliphatic rings. The van der Waals surface area contributed by atoms with Crippen molar-refractivity contribution in [3.05, 3.63) is 247 Å². The highest BCUT2D eigenvalue weighted by Gasteiger charge is 2.45. The molecule has 0 radical (unpaired) electrons. The van der Waals surface area contributed by atoms with Crippen LogP contribution >= 0.6 is 0 Å². The van der Waals surface area contributed by atoms with Gasteiger partial charge in [-0.05, 0) is 135 Å². The predicted octanol–water partition coefficient (Wildman–Crippen LogP) is 17.6. The fraction of sp³-hybridized carbons (Fsp3) is 0.108. The minimum absolute atomic E-state index is 0.0471. The van der Waals surface area contributed by atoms with Crippen molar-refractivity contribution in [2.75, 3.05) is 4.90 Å². The van der Waals surface area contributed by atoms with Crippen LogP contribution in [0.15, 0.2) is 224 Å². The second kappa shape index (κ2) is 16.2. The Morgan fingerprint density at radius 3 is 1.75 bits per heavy atom. The number of para-hydroxylation sites is 3. The third kappa shape index (κ3) is 6.38. The first-order valence-corrected chi connectivity index (χ1v) is 24.1. The third-order valence-corrected chi connectivity index (χ3v) is 15.1. The van der Waals surface area contributed by atoms with Crippen LogP contribution in [-0.2, 0) is 11.8 Å². The lowest BCUT2D eigenvalue weighted by atomic mass is 9.76.